The summed E-state index contributed by atoms with van der Waals surface area (Å²) in [6.45, 7) is 0.524. The second-order valence-electron chi connectivity index (χ2n) is 6.52. The third-order valence-electron chi connectivity index (χ3n) is 4.88. The van der Waals surface area contributed by atoms with Crippen LogP contribution in [0, 0.1) is 0 Å². The lowest BCUT2D eigenvalue weighted by Gasteiger charge is -2.31. The number of para-hydroxylation sites is 1. The van der Waals surface area contributed by atoms with Crippen LogP contribution in [-0.4, -0.2) is 31.5 Å². The van der Waals surface area contributed by atoms with Crippen LogP contribution >= 0.6 is 0 Å². The minimum atomic E-state index is -0.714. The zero-order valence-corrected chi connectivity index (χ0v) is 14.2. The number of methoxy groups -OCH3 is 1. The number of rotatable bonds is 8. The molecule has 0 unspecified atom stereocenters. The minimum Gasteiger partial charge on any atom is -0.496 e. The van der Waals surface area contributed by atoms with Crippen LogP contribution in [-0.2, 0) is 15.0 Å². The third-order valence-corrected chi connectivity index (χ3v) is 4.88. The van der Waals surface area contributed by atoms with Gasteiger partial charge in [-0.2, -0.15) is 0 Å². The molecule has 1 atom stereocenters. The average molecular weight is 333 g/mol. The summed E-state index contributed by atoms with van der Waals surface area (Å²) in [6.07, 6.45) is 4.65. The second kappa shape index (κ2) is 8.15. The highest BCUT2D eigenvalue weighted by molar-refractivity contribution is 5.82. The molecule has 0 bridgehead atoms. The van der Waals surface area contributed by atoms with Crippen molar-refractivity contribution in [1.82, 2.24) is 5.32 Å². The first-order valence-electron chi connectivity index (χ1n) is 8.43. The second-order valence-corrected chi connectivity index (χ2v) is 6.52. The molecular formula is C18H27N3O3. The molecule has 2 amide bonds. The number of nitrogens with one attached hydrogen (secondary N) is 1. The summed E-state index contributed by atoms with van der Waals surface area (Å²) in [4.78, 5) is 23.0. The lowest BCUT2D eigenvalue weighted by molar-refractivity contribution is -0.123. The van der Waals surface area contributed by atoms with Crippen molar-refractivity contribution in [3.8, 4) is 5.75 Å². The van der Waals surface area contributed by atoms with Gasteiger partial charge >= 0.3 is 0 Å². The van der Waals surface area contributed by atoms with Gasteiger partial charge in [-0.05, 0) is 25.3 Å². The van der Waals surface area contributed by atoms with E-state index < -0.39 is 11.9 Å². The van der Waals surface area contributed by atoms with Gasteiger partial charge in [-0.25, -0.2) is 0 Å². The van der Waals surface area contributed by atoms with E-state index in [2.05, 4.69) is 11.4 Å². The molecule has 24 heavy (non-hydrogen) atoms. The van der Waals surface area contributed by atoms with Gasteiger partial charge < -0.3 is 21.5 Å². The van der Waals surface area contributed by atoms with Crippen LogP contribution in [0.1, 0.15) is 44.1 Å². The molecule has 1 aromatic carbocycles. The number of primary amides is 1. The molecule has 0 heterocycles. The molecule has 132 valence electrons. The van der Waals surface area contributed by atoms with Crippen molar-refractivity contribution in [2.75, 3.05) is 13.7 Å². The van der Waals surface area contributed by atoms with Crippen LogP contribution in [0.5, 0.6) is 5.75 Å². The van der Waals surface area contributed by atoms with E-state index in [1.807, 2.05) is 18.2 Å². The monoisotopic (exact) mass is 333 g/mol. The van der Waals surface area contributed by atoms with E-state index in [-0.39, 0.29) is 24.2 Å². The van der Waals surface area contributed by atoms with Crippen molar-refractivity contribution in [1.29, 1.82) is 0 Å². The van der Waals surface area contributed by atoms with E-state index in [4.69, 9.17) is 16.2 Å². The summed E-state index contributed by atoms with van der Waals surface area (Å²) >= 11 is 0. The van der Waals surface area contributed by atoms with Crippen LogP contribution in [0.15, 0.2) is 24.3 Å². The summed E-state index contributed by atoms with van der Waals surface area (Å²) in [7, 11) is 1.67. The fourth-order valence-electron chi connectivity index (χ4n) is 3.49. The molecule has 0 aliphatic heterocycles. The van der Waals surface area contributed by atoms with Gasteiger partial charge in [-0.15, -0.1) is 0 Å². The van der Waals surface area contributed by atoms with E-state index in [1.54, 1.807) is 7.11 Å². The molecule has 0 radical (unpaired) electrons. The largest absolute Gasteiger partial charge is 0.496 e. The van der Waals surface area contributed by atoms with Crippen molar-refractivity contribution in [2.24, 2.45) is 11.5 Å². The number of nitrogens with two attached hydrogens (primary N) is 2. The molecular weight excluding hydrogens is 306 g/mol. The van der Waals surface area contributed by atoms with Gasteiger partial charge in [-0.3, -0.25) is 9.59 Å². The molecule has 0 saturated heterocycles. The minimum absolute atomic E-state index is 0.117. The number of ether oxygens (including phenoxy) is 1. The lowest BCUT2D eigenvalue weighted by Crippen LogP contribution is -2.46. The molecule has 1 saturated carbocycles. The van der Waals surface area contributed by atoms with Crippen molar-refractivity contribution in [3.05, 3.63) is 29.8 Å². The number of benzene rings is 1. The van der Waals surface area contributed by atoms with Gasteiger partial charge in [0, 0.05) is 23.9 Å². The molecule has 1 fully saturated rings. The normalized spacial score (nSPS) is 17.2. The Labute approximate surface area is 142 Å². The van der Waals surface area contributed by atoms with Crippen LogP contribution in [0.3, 0.4) is 0 Å². The van der Waals surface area contributed by atoms with Crippen molar-refractivity contribution >= 4 is 11.8 Å². The van der Waals surface area contributed by atoms with Crippen molar-refractivity contribution in [3.63, 3.8) is 0 Å². The Hall–Kier alpha value is -2.08. The summed E-state index contributed by atoms with van der Waals surface area (Å²) in [5.74, 6) is 0.170. The molecule has 1 aliphatic carbocycles. The van der Waals surface area contributed by atoms with Gasteiger partial charge in [0.1, 0.15) is 5.75 Å². The molecule has 6 heteroatoms. The highest BCUT2D eigenvalue weighted by Crippen LogP contribution is 2.44. The third kappa shape index (κ3) is 4.26. The predicted octanol–water partition coefficient (Wildman–Crippen LogP) is 1.22. The molecule has 2 rings (SSSR count). The molecule has 5 N–H and O–H groups in total. The van der Waals surface area contributed by atoms with Crippen LogP contribution < -0.4 is 21.5 Å². The SMILES string of the molecule is COc1ccccc1C1(CNC(=O)[C@H](N)CCC(N)=O)CCCC1. The zero-order chi connectivity index (χ0) is 17.6. The van der Waals surface area contributed by atoms with Gasteiger partial charge in [0.15, 0.2) is 0 Å². The fourth-order valence-corrected chi connectivity index (χ4v) is 3.49. The number of carbonyl (C=O) groups excluding carboxylic acids is 2. The van der Waals surface area contributed by atoms with E-state index in [0.717, 1.165) is 37.0 Å². The highest BCUT2D eigenvalue weighted by atomic mass is 16.5. The highest BCUT2D eigenvalue weighted by Gasteiger charge is 2.38. The Kier molecular flexibility index (Phi) is 6.20. The number of carbonyl (C=O) groups is 2. The smallest absolute Gasteiger partial charge is 0.236 e. The van der Waals surface area contributed by atoms with Crippen molar-refractivity contribution < 1.29 is 14.3 Å². The zero-order valence-electron chi connectivity index (χ0n) is 14.2. The summed E-state index contributed by atoms with van der Waals surface area (Å²) in [6, 6.07) is 7.26. The molecule has 1 aromatic rings. The Bertz CT molecular complexity index is 583. The maximum atomic E-state index is 12.2. The summed E-state index contributed by atoms with van der Waals surface area (Å²) < 4.78 is 5.51. The van der Waals surface area contributed by atoms with Gasteiger partial charge in [0.25, 0.3) is 0 Å². The first kappa shape index (κ1) is 18.3. The van der Waals surface area contributed by atoms with E-state index >= 15 is 0 Å². The maximum Gasteiger partial charge on any atom is 0.236 e. The Morgan fingerprint density at radius 1 is 1.29 bits per heavy atom. The lowest BCUT2D eigenvalue weighted by atomic mass is 9.78. The summed E-state index contributed by atoms with van der Waals surface area (Å²) in [5, 5.41) is 2.97. The van der Waals surface area contributed by atoms with Crippen LogP contribution in [0.2, 0.25) is 0 Å². The Balaban J connectivity index is 2.06. The van der Waals surface area contributed by atoms with E-state index in [1.165, 1.54) is 0 Å². The number of hydrogen-bond donors (Lipinski definition) is 3. The Morgan fingerprint density at radius 2 is 1.96 bits per heavy atom. The first-order chi connectivity index (χ1) is 11.5. The number of amides is 2. The van der Waals surface area contributed by atoms with Gasteiger partial charge in [-0.1, -0.05) is 31.0 Å². The average Bonchev–Trinajstić information content (AvgIpc) is 3.07. The van der Waals surface area contributed by atoms with Crippen molar-refractivity contribution in [2.45, 2.75) is 50.0 Å². The molecule has 6 nitrogen and oxygen atoms in total. The topological polar surface area (TPSA) is 107 Å². The molecule has 0 spiro atoms. The fraction of sp³-hybridized carbons (Fsp3) is 0.556. The quantitative estimate of drug-likeness (QED) is 0.664. The maximum absolute atomic E-state index is 12.2. The van der Waals surface area contributed by atoms with E-state index in [0.29, 0.717) is 6.54 Å². The standard InChI is InChI=1S/C18H27N3O3/c1-24-15-7-3-2-6-13(15)18(10-4-5-11-18)12-21-17(23)14(19)8-9-16(20)22/h2-3,6-7,14H,4-5,8-12,19H2,1H3,(H2,20,22)(H,21,23)/t14-/m1/s1. The van der Waals surface area contributed by atoms with Gasteiger partial charge in [0.2, 0.25) is 11.8 Å². The molecule has 1 aliphatic rings. The van der Waals surface area contributed by atoms with Crippen LogP contribution in [0.4, 0.5) is 0 Å². The first-order valence-corrected chi connectivity index (χ1v) is 8.43. The van der Waals surface area contributed by atoms with Gasteiger partial charge in [0.05, 0.1) is 13.2 Å². The predicted molar refractivity (Wildman–Crippen MR) is 92.6 cm³/mol. The summed E-state index contributed by atoms with van der Waals surface area (Å²) in [5.41, 5.74) is 12.0. The number of hydrogen-bond acceptors (Lipinski definition) is 4. The van der Waals surface area contributed by atoms with Crippen LogP contribution in [0.25, 0.3) is 0 Å². The Morgan fingerprint density at radius 3 is 2.58 bits per heavy atom. The van der Waals surface area contributed by atoms with E-state index in [9.17, 15) is 9.59 Å². The molecule has 0 aromatic heterocycles.